The maximum Gasteiger partial charge on any atom is 0.233 e. The fourth-order valence-corrected chi connectivity index (χ4v) is 5.29. The third-order valence-corrected chi connectivity index (χ3v) is 7.18. The summed E-state index contributed by atoms with van der Waals surface area (Å²) in [5.41, 5.74) is 3.68. The van der Waals surface area contributed by atoms with Gasteiger partial charge in [-0.2, -0.15) is 5.26 Å². The van der Waals surface area contributed by atoms with Crippen LogP contribution in [0.5, 0.6) is 5.75 Å². The van der Waals surface area contributed by atoms with Crippen LogP contribution in [0.15, 0.2) is 42.5 Å². The first-order chi connectivity index (χ1) is 16.0. The van der Waals surface area contributed by atoms with Crippen LogP contribution in [0.1, 0.15) is 12.5 Å². The molecule has 0 unspecified atom stereocenters. The number of sulfonamides is 1. The predicted octanol–water partition coefficient (Wildman–Crippen LogP) is 3.28. The smallest absolute Gasteiger partial charge is 0.233 e. The molecule has 1 N–H and O–H groups in total. The van der Waals surface area contributed by atoms with Crippen molar-refractivity contribution in [2.75, 3.05) is 50.4 Å². The molecular formula is C24H28N4O4S. The molecular weight excluding hydrogens is 440 g/mol. The zero-order chi connectivity index (χ0) is 23.4. The Balaban J connectivity index is 1.57. The van der Waals surface area contributed by atoms with Crippen LogP contribution in [0, 0.1) is 11.3 Å². The Kier molecular flexibility index (Phi) is 6.88. The minimum atomic E-state index is -3.47. The zero-order valence-electron chi connectivity index (χ0n) is 18.9. The predicted molar refractivity (Wildman–Crippen MR) is 129 cm³/mol. The topological polar surface area (TPSA) is 96.6 Å². The van der Waals surface area contributed by atoms with Gasteiger partial charge >= 0.3 is 0 Å². The molecule has 0 amide bonds. The van der Waals surface area contributed by atoms with Gasteiger partial charge in [0.25, 0.3) is 0 Å². The molecule has 0 radical (unpaired) electrons. The van der Waals surface area contributed by atoms with Gasteiger partial charge in [0.2, 0.25) is 10.0 Å². The van der Waals surface area contributed by atoms with Crippen molar-refractivity contribution in [3.63, 3.8) is 0 Å². The molecule has 8 nitrogen and oxygen atoms in total. The number of aryl methyl sites for hydroxylation is 1. The van der Waals surface area contributed by atoms with Crippen LogP contribution < -0.4 is 9.46 Å². The summed E-state index contributed by atoms with van der Waals surface area (Å²) in [6.45, 7) is 5.97. The second-order valence-corrected chi connectivity index (χ2v) is 9.76. The second-order valence-electron chi connectivity index (χ2n) is 7.92. The van der Waals surface area contributed by atoms with Crippen molar-refractivity contribution in [3.8, 4) is 23.1 Å². The molecule has 0 bridgehead atoms. The molecule has 0 spiro atoms. The normalized spacial score (nSPS) is 14.8. The Morgan fingerprint density at radius 2 is 1.88 bits per heavy atom. The second kappa shape index (κ2) is 9.83. The van der Waals surface area contributed by atoms with Crippen LogP contribution in [0.2, 0.25) is 0 Å². The first kappa shape index (κ1) is 23.1. The minimum Gasteiger partial charge on any atom is -0.497 e. The number of ether oxygens (including phenoxy) is 2. The van der Waals surface area contributed by atoms with Crippen LogP contribution >= 0.6 is 0 Å². The number of fused-ring (bicyclic) bond motifs is 1. The Morgan fingerprint density at radius 1 is 1.15 bits per heavy atom. The van der Waals surface area contributed by atoms with Crippen molar-refractivity contribution in [1.29, 1.82) is 5.26 Å². The first-order valence-electron chi connectivity index (χ1n) is 11.0. The molecule has 9 heteroatoms. The Morgan fingerprint density at radius 3 is 2.52 bits per heavy atom. The van der Waals surface area contributed by atoms with Crippen molar-refractivity contribution in [3.05, 3.63) is 48.0 Å². The van der Waals surface area contributed by atoms with Crippen LogP contribution in [-0.2, 0) is 21.3 Å². The number of anilines is 1. The van der Waals surface area contributed by atoms with Gasteiger partial charge in [-0.3, -0.25) is 9.62 Å². The lowest BCUT2D eigenvalue weighted by Gasteiger charge is -2.26. The highest BCUT2D eigenvalue weighted by atomic mass is 32.2. The number of nitrogens with one attached hydrogen (secondary N) is 1. The molecule has 1 aromatic heterocycles. The van der Waals surface area contributed by atoms with E-state index in [2.05, 4.69) is 20.3 Å². The standard InChI is InChI=1S/C24H28N4O4S/c1-3-28-23-16-20(31-2)8-9-21(23)22(17-25)24(28)18-4-6-19(7-5-18)26-33(29,30)15-12-27-10-13-32-14-11-27/h4-9,16,26H,3,10-15H2,1-2H3. The highest BCUT2D eigenvalue weighted by Gasteiger charge is 2.19. The van der Waals surface area contributed by atoms with Crippen LogP contribution in [0.3, 0.4) is 0 Å². The summed E-state index contributed by atoms with van der Waals surface area (Å²) < 4.78 is 40.5. The van der Waals surface area contributed by atoms with Crippen molar-refractivity contribution >= 4 is 26.6 Å². The first-order valence-corrected chi connectivity index (χ1v) is 12.6. The monoisotopic (exact) mass is 468 g/mol. The quantitative estimate of drug-likeness (QED) is 0.545. The molecule has 1 saturated heterocycles. The minimum absolute atomic E-state index is 0.0270. The number of hydrogen-bond acceptors (Lipinski definition) is 6. The molecule has 1 aliphatic rings. The van der Waals surface area contributed by atoms with E-state index in [4.69, 9.17) is 9.47 Å². The van der Waals surface area contributed by atoms with E-state index in [0.29, 0.717) is 37.6 Å². The molecule has 0 saturated carbocycles. The van der Waals surface area contributed by atoms with Crippen molar-refractivity contribution in [2.24, 2.45) is 0 Å². The molecule has 174 valence electrons. The van der Waals surface area contributed by atoms with Crippen molar-refractivity contribution < 1.29 is 17.9 Å². The number of methoxy groups -OCH3 is 1. The Bertz CT molecular complexity index is 1270. The van der Waals surface area contributed by atoms with Gasteiger partial charge in [0.1, 0.15) is 11.8 Å². The third-order valence-electron chi connectivity index (χ3n) is 5.91. The Hall–Kier alpha value is -3.06. The lowest BCUT2D eigenvalue weighted by Crippen LogP contribution is -2.39. The van der Waals surface area contributed by atoms with Gasteiger partial charge in [-0.1, -0.05) is 12.1 Å². The van der Waals surface area contributed by atoms with E-state index in [1.807, 2.05) is 37.3 Å². The van der Waals surface area contributed by atoms with E-state index in [-0.39, 0.29) is 5.75 Å². The largest absolute Gasteiger partial charge is 0.497 e. The van der Waals surface area contributed by atoms with Gasteiger partial charge in [0, 0.05) is 43.3 Å². The van der Waals surface area contributed by atoms with Gasteiger partial charge in [-0.15, -0.1) is 0 Å². The molecule has 4 rings (SSSR count). The van der Waals surface area contributed by atoms with E-state index in [1.54, 1.807) is 19.2 Å². The summed E-state index contributed by atoms with van der Waals surface area (Å²) in [7, 11) is -1.85. The van der Waals surface area contributed by atoms with Crippen molar-refractivity contribution in [2.45, 2.75) is 13.5 Å². The number of morpholine rings is 1. The SMILES string of the molecule is CCn1c(-c2ccc(NS(=O)(=O)CCN3CCOCC3)cc2)c(C#N)c2ccc(OC)cc21. The summed E-state index contributed by atoms with van der Waals surface area (Å²) in [4.78, 5) is 2.09. The van der Waals surface area contributed by atoms with E-state index in [9.17, 15) is 13.7 Å². The summed E-state index contributed by atoms with van der Waals surface area (Å²) in [6.07, 6.45) is 0. The lowest BCUT2D eigenvalue weighted by molar-refractivity contribution is 0.0408. The molecule has 2 aromatic carbocycles. The average Bonchev–Trinajstić information content (AvgIpc) is 3.16. The van der Waals surface area contributed by atoms with E-state index >= 15 is 0 Å². The molecule has 33 heavy (non-hydrogen) atoms. The molecule has 0 atom stereocenters. The molecule has 1 aliphatic heterocycles. The van der Waals surface area contributed by atoms with E-state index in [0.717, 1.165) is 41.0 Å². The fraction of sp³-hybridized carbons (Fsp3) is 0.375. The van der Waals surface area contributed by atoms with E-state index < -0.39 is 10.0 Å². The van der Waals surface area contributed by atoms with Gasteiger partial charge in [0.15, 0.2) is 0 Å². The van der Waals surface area contributed by atoms with Crippen molar-refractivity contribution in [1.82, 2.24) is 9.47 Å². The maximum atomic E-state index is 12.5. The molecule has 3 aromatic rings. The zero-order valence-corrected chi connectivity index (χ0v) is 19.7. The van der Waals surface area contributed by atoms with Crippen LogP contribution in [-0.4, -0.2) is 63.6 Å². The number of rotatable bonds is 8. The average molecular weight is 469 g/mol. The Labute approximate surface area is 194 Å². The van der Waals surface area contributed by atoms with Gasteiger partial charge in [-0.05, 0) is 36.8 Å². The highest BCUT2D eigenvalue weighted by molar-refractivity contribution is 7.92. The number of nitriles is 1. The summed E-state index contributed by atoms with van der Waals surface area (Å²) in [5.74, 6) is 0.756. The third kappa shape index (κ3) is 4.98. The summed E-state index contributed by atoms with van der Waals surface area (Å²) in [6, 6.07) is 15.2. The number of nitrogens with zero attached hydrogens (tertiary/aromatic N) is 3. The maximum absolute atomic E-state index is 12.5. The van der Waals surface area contributed by atoms with Gasteiger partial charge < -0.3 is 14.0 Å². The van der Waals surface area contributed by atoms with E-state index in [1.165, 1.54) is 0 Å². The molecule has 0 aliphatic carbocycles. The van der Waals surface area contributed by atoms with Crippen LogP contribution in [0.4, 0.5) is 5.69 Å². The molecule has 1 fully saturated rings. The fourth-order valence-electron chi connectivity index (χ4n) is 4.20. The lowest BCUT2D eigenvalue weighted by atomic mass is 10.1. The summed E-state index contributed by atoms with van der Waals surface area (Å²) >= 11 is 0. The number of benzene rings is 2. The number of aromatic nitrogens is 1. The van der Waals surface area contributed by atoms with Gasteiger partial charge in [-0.25, -0.2) is 8.42 Å². The number of hydrogen-bond donors (Lipinski definition) is 1. The molecule has 2 heterocycles. The summed E-state index contributed by atoms with van der Waals surface area (Å²) in [5, 5.41) is 10.8. The van der Waals surface area contributed by atoms with Gasteiger partial charge in [0.05, 0.1) is 42.9 Å². The highest BCUT2D eigenvalue weighted by Crippen LogP contribution is 2.35. The van der Waals surface area contributed by atoms with Crippen LogP contribution in [0.25, 0.3) is 22.2 Å².